The first kappa shape index (κ1) is 17.7. The van der Waals surface area contributed by atoms with E-state index in [1.165, 1.54) is 18.1 Å². The summed E-state index contributed by atoms with van der Waals surface area (Å²) < 4.78 is 19.9. The van der Waals surface area contributed by atoms with Gasteiger partial charge in [-0.05, 0) is 54.9 Å². The van der Waals surface area contributed by atoms with Crippen LogP contribution in [0, 0.1) is 12.7 Å². The number of aryl methyl sites for hydroxylation is 1. The summed E-state index contributed by atoms with van der Waals surface area (Å²) in [6.07, 6.45) is 5.72. The zero-order valence-corrected chi connectivity index (χ0v) is 15.7. The maximum atomic E-state index is 14.5. The number of rotatable bonds is 3. The lowest BCUT2D eigenvalue weighted by Gasteiger charge is -2.22. The van der Waals surface area contributed by atoms with Crippen LogP contribution in [0.2, 0.25) is 0 Å². The Labute approximate surface area is 149 Å². The molecule has 0 N–H and O–H groups in total. The van der Waals surface area contributed by atoms with Crippen molar-refractivity contribution in [3.8, 4) is 16.9 Å². The Hall–Kier alpha value is -2.16. The van der Waals surface area contributed by atoms with Gasteiger partial charge in [-0.1, -0.05) is 32.9 Å². The Balaban J connectivity index is 2.12. The monoisotopic (exact) mass is 339 g/mol. The van der Waals surface area contributed by atoms with Crippen LogP contribution in [0.15, 0.2) is 30.3 Å². The van der Waals surface area contributed by atoms with Crippen LogP contribution in [0.1, 0.15) is 57.0 Å². The number of methoxy groups -OCH3 is 1. The fourth-order valence-electron chi connectivity index (χ4n) is 3.44. The summed E-state index contributed by atoms with van der Waals surface area (Å²) in [5, 5.41) is 0. The maximum absolute atomic E-state index is 14.5. The molecule has 1 heterocycles. The van der Waals surface area contributed by atoms with Crippen LogP contribution in [0.25, 0.3) is 16.7 Å². The zero-order chi connectivity index (χ0) is 18.2. The molecule has 1 aromatic heterocycles. The minimum Gasteiger partial charge on any atom is -0.496 e. The first-order valence-electron chi connectivity index (χ1n) is 8.86. The van der Waals surface area contributed by atoms with Crippen molar-refractivity contribution in [2.24, 2.45) is 0 Å². The van der Waals surface area contributed by atoms with Gasteiger partial charge in [0.2, 0.25) is 0 Å². The molecule has 3 heteroatoms. The van der Waals surface area contributed by atoms with E-state index in [0.717, 1.165) is 35.4 Å². The van der Waals surface area contributed by atoms with Gasteiger partial charge in [0, 0.05) is 22.9 Å². The Morgan fingerprint density at radius 1 is 1.12 bits per heavy atom. The van der Waals surface area contributed by atoms with E-state index in [0.29, 0.717) is 11.3 Å². The molecule has 2 nitrogen and oxygen atoms in total. The van der Waals surface area contributed by atoms with Gasteiger partial charge in [-0.3, -0.25) is 4.98 Å². The molecule has 132 valence electrons. The molecule has 0 fully saturated rings. The predicted octanol–water partition coefficient (Wildman–Crippen LogP) is 6.07. The van der Waals surface area contributed by atoms with Gasteiger partial charge in [-0.25, -0.2) is 4.39 Å². The minimum absolute atomic E-state index is 0.230. The van der Waals surface area contributed by atoms with E-state index in [2.05, 4.69) is 18.2 Å². The number of hydrogen-bond acceptors (Lipinski definition) is 2. The summed E-state index contributed by atoms with van der Waals surface area (Å²) in [5.41, 5.74) is 5.61. The number of pyridine rings is 1. The summed E-state index contributed by atoms with van der Waals surface area (Å²) in [6, 6.07) is 7.55. The lowest BCUT2D eigenvalue weighted by molar-refractivity contribution is 0.410. The topological polar surface area (TPSA) is 22.1 Å². The molecule has 0 amide bonds. The number of allylic oxidation sites excluding steroid dienone is 2. The second kappa shape index (κ2) is 6.62. The Morgan fingerprint density at radius 2 is 1.88 bits per heavy atom. The second-order valence-corrected chi connectivity index (χ2v) is 7.73. The van der Waals surface area contributed by atoms with Gasteiger partial charge in [0.1, 0.15) is 11.6 Å². The zero-order valence-electron chi connectivity index (χ0n) is 15.7. The van der Waals surface area contributed by atoms with Crippen LogP contribution in [0.3, 0.4) is 0 Å². The number of hydrogen-bond donors (Lipinski definition) is 0. The third kappa shape index (κ3) is 3.46. The van der Waals surface area contributed by atoms with Gasteiger partial charge in [-0.15, -0.1) is 0 Å². The Kier molecular flexibility index (Phi) is 4.68. The van der Waals surface area contributed by atoms with Crippen molar-refractivity contribution in [1.29, 1.82) is 0 Å². The van der Waals surface area contributed by atoms with Crippen molar-refractivity contribution in [3.63, 3.8) is 0 Å². The second-order valence-electron chi connectivity index (χ2n) is 7.73. The summed E-state index contributed by atoms with van der Waals surface area (Å²) in [7, 11) is 1.58. The largest absolute Gasteiger partial charge is 0.496 e. The van der Waals surface area contributed by atoms with Crippen molar-refractivity contribution in [1.82, 2.24) is 4.98 Å². The molecule has 0 saturated carbocycles. The first-order valence-corrected chi connectivity index (χ1v) is 8.86. The van der Waals surface area contributed by atoms with E-state index in [-0.39, 0.29) is 11.2 Å². The molecule has 0 radical (unpaired) electrons. The van der Waals surface area contributed by atoms with E-state index < -0.39 is 0 Å². The molecular weight excluding hydrogens is 313 g/mol. The van der Waals surface area contributed by atoms with Gasteiger partial charge in [-0.2, -0.15) is 0 Å². The molecule has 1 aliphatic carbocycles. The van der Waals surface area contributed by atoms with E-state index >= 15 is 0 Å². The molecule has 0 atom stereocenters. The molecule has 1 aliphatic rings. The maximum Gasteiger partial charge on any atom is 0.130 e. The first-order chi connectivity index (χ1) is 11.8. The van der Waals surface area contributed by atoms with E-state index in [1.807, 2.05) is 33.8 Å². The van der Waals surface area contributed by atoms with E-state index in [4.69, 9.17) is 9.72 Å². The molecule has 0 unspecified atom stereocenters. The number of nitrogens with zero attached hydrogens (tertiary/aromatic N) is 1. The molecule has 2 aromatic rings. The van der Waals surface area contributed by atoms with Gasteiger partial charge >= 0.3 is 0 Å². The van der Waals surface area contributed by atoms with Gasteiger partial charge in [0.05, 0.1) is 12.8 Å². The molecule has 0 saturated heterocycles. The van der Waals surface area contributed by atoms with Crippen LogP contribution < -0.4 is 4.74 Å². The quantitative estimate of drug-likeness (QED) is 0.677. The summed E-state index contributed by atoms with van der Waals surface area (Å²) in [6.45, 7) is 8.06. The molecule has 0 aliphatic heterocycles. The Bertz CT molecular complexity index is 831. The lowest BCUT2D eigenvalue weighted by Crippen LogP contribution is -2.14. The minimum atomic E-state index is -0.277. The summed E-state index contributed by atoms with van der Waals surface area (Å²) in [4.78, 5) is 4.80. The highest BCUT2D eigenvalue weighted by Gasteiger charge is 2.22. The summed E-state index contributed by atoms with van der Waals surface area (Å²) >= 11 is 0. The molecule has 1 aromatic carbocycles. The molecule has 0 bridgehead atoms. The lowest BCUT2D eigenvalue weighted by atomic mass is 9.84. The van der Waals surface area contributed by atoms with Crippen LogP contribution in [-0.2, 0) is 5.41 Å². The fraction of sp³-hybridized carbons (Fsp3) is 0.409. The van der Waals surface area contributed by atoms with Crippen molar-refractivity contribution >= 4 is 5.57 Å². The Morgan fingerprint density at radius 3 is 2.44 bits per heavy atom. The van der Waals surface area contributed by atoms with Gasteiger partial charge < -0.3 is 4.74 Å². The molecule has 3 rings (SSSR count). The van der Waals surface area contributed by atoms with Crippen molar-refractivity contribution in [2.45, 2.75) is 52.4 Å². The number of aromatic nitrogens is 1. The fourth-order valence-corrected chi connectivity index (χ4v) is 3.44. The van der Waals surface area contributed by atoms with Crippen molar-refractivity contribution < 1.29 is 9.13 Å². The smallest absolute Gasteiger partial charge is 0.130 e. The average Bonchev–Trinajstić information content (AvgIpc) is 3.08. The van der Waals surface area contributed by atoms with Crippen LogP contribution in [0.5, 0.6) is 5.75 Å². The van der Waals surface area contributed by atoms with Crippen LogP contribution in [-0.4, -0.2) is 12.1 Å². The third-order valence-electron chi connectivity index (χ3n) is 4.84. The van der Waals surface area contributed by atoms with E-state index in [1.54, 1.807) is 7.11 Å². The van der Waals surface area contributed by atoms with Crippen LogP contribution >= 0.6 is 0 Å². The van der Waals surface area contributed by atoms with Crippen molar-refractivity contribution in [3.05, 3.63) is 53.1 Å². The van der Waals surface area contributed by atoms with Crippen molar-refractivity contribution in [2.75, 3.05) is 7.11 Å². The number of benzene rings is 1. The standard InChI is InChI=1S/C22H26FNO/c1-14-16(10-11-20(24-14)15-8-6-7-9-15)17-12-18(22(2,3)4)19(23)13-21(17)25-5/h8,10-13H,6-7,9H2,1-5H3. The average molecular weight is 339 g/mol. The highest BCUT2D eigenvalue weighted by Crippen LogP contribution is 2.38. The number of ether oxygens (including phenoxy) is 1. The SMILES string of the molecule is COc1cc(F)c(C(C)(C)C)cc1-c1ccc(C2=CCCC2)nc1C. The number of halogens is 1. The third-order valence-corrected chi connectivity index (χ3v) is 4.84. The molecule has 0 spiro atoms. The normalized spacial score (nSPS) is 14.6. The molecule has 25 heavy (non-hydrogen) atoms. The summed E-state index contributed by atoms with van der Waals surface area (Å²) in [5.74, 6) is 0.315. The van der Waals surface area contributed by atoms with E-state index in [9.17, 15) is 4.39 Å². The highest BCUT2D eigenvalue weighted by molar-refractivity contribution is 5.75. The molecular formula is C22H26FNO. The van der Waals surface area contributed by atoms with Gasteiger partial charge in [0.15, 0.2) is 0 Å². The van der Waals surface area contributed by atoms with Gasteiger partial charge in [0.25, 0.3) is 0 Å². The highest BCUT2D eigenvalue weighted by atomic mass is 19.1. The van der Waals surface area contributed by atoms with Crippen LogP contribution in [0.4, 0.5) is 4.39 Å². The predicted molar refractivity (Wildman–Crippen MR) is 101 cm³/mol.